The van der Waals surface area contributed by atoms with Crippen molar-refractivity contribution < 1.29 is 4.79 Å². The van der Waals surface area contributed by atoms with Gasteiger partial charge < -0.3 is 11.1 Å². The zero-order chi connectivity index (χ0) is 12.8. The van der Waals surface area contributed by atoms with E-state index in [9.17, 15) is 4.79 Å². The molecule has 0 spiro atoms. The van der Waals surface area contributed by atoms with Gasteiger partial charge in [-0.1, -0.05) is 26.7 Å². The lowest BCUT2D eigenvalue weighted by Crippen LogP contribution is -2.43. The standard InChI is InChI=1S/C14H28N2O/c1-10-6-4-8-13(12(10)3)16-14(17)9-5-7-11(2)15/h10-13H,4-9,15H2,1-3H3,(H,16,17). The predicted octanol–water partition coefficient (Wildman–Crippen LogP) is 2.44. The van der Waals surface area contributed by atoms with Gasteiger partial charge in [-0.15, -0.1) is 0 Å². The molecule has 1 rings (SSSR count). The molecular weight excluding hydrogens is 212 g/mol. The van der Waals surface area contributed by atoms with Gasteiger partial charge in [-0.05, 0) is 38.0 Å². The number of nitrogens with two attached hydrogens (primary N) is 1. The Morgan fingerprint density at radius 3 is 2.76 bits per heavy atom. The Bertz CT molecular complexity index is 240. The van der Waals surface area contributed by atoms with Crippen LogP contribution in [0.1, 0.15) is 59.3 Å². The number of carbonyl (C=O) groups is 1. The predicted molar refractivity (Wildman–Crippen MR) is 71.6 cm³/mol. The van der Waals surface area contributed by atoms with E-state index in [1.807, 2.05) is 6.92 Å². The first kappa shape index (κ1) is 14.5. The van der Waals surface area contributed by atoms with Gasteiger partial charge in [-0.3, -0.25) is 4.79 Å². The molecule has 17 heavy (non-hydrogen) atoms. The third kappa shape index (κ3) is 5.07. The Balaban J connectivity index is 2.25. The van der Waals surface area contributed by atoms with Crippen molar-refractivity contribution in [3.63, 3.8) is 0 Å². The molecule has 1 saturated carbocycles. The number of hydrogen-bond donors (Lipinski definition) is 2. The monoisotopic (exact) mass is 240 g/mol. The molecule has 0 radical (unpaired) electrons. The molecule has 1 aliphatic carbocycles. The maximum atomic E-state index is 11.8. The smallest absolute Gasteiger partial charge is 0.220 e. The maximum absolute atomic E-state index is 11.8. The van der Waals surface area contributed by atoms with E-state index in [-0.39, 0.29) is 11.9 Å². The lowest BCUT2D eigenvalue weighted by atomic mass is 9.78. The van der Waals surface area contributed by atoms with Crippen LogP contribution < -0.4 is 11.1 Å². The third-order valence-electron chi connectivity index (χ3n) is 4.12. The van der Waals surface area contributed by atoms with E-state index in [2.05, 4.69) is 19.2 Å². The fourth-order valence-electron chi connectivity index (χ4n) is 2.65. The number of hydrogen-bond acceptors (Lipinski definition) is 2. The topological polar surface area (TPSA) is 55.1 Å². The van der Waals surface area contributed by atoms with Gasteiger partial charge in [0, 0.05) is 18.5 Å². The van der Waals surface area contributed by atoms with Crippen molar-refractivity contribution in [2.75, 3.05) is 0 Å². The van der Waals surface area contributed by atoms with Crippen LogP contribution in [-0.4, -0.2) is 18.0 Å². The molecule has 0 heterocycles. The van der Waals surface area contributed by atoms with Gasteiger partial charge in [0.2, 0.25) is 5.91 Å². The summed E-state index contributed by atoms with van der Waals surface area (Å²) in [5.41, 5.74) is 5.67. The van der Waals surface area contributed by atoms with E-state index in [1.54, 1.807) is 0 Å². The van der Waals surface area contributed by atoms with Crippen molar-refractivity contribution in [2.45, 2.75) is 71.4 Å². The summed E-state index contributed by atoms with van der Waals surface area (Å²) in [5.74, 6) is 1.55. The third-order valence-corrected chi connectivity index (χ3v) is 4.12. The molecule has 0 aliphatic heterocycles. The van der Waals surface area contributed by atoms with Gasteiger partial charge in [0.15, 0.2) is 0 Å². The van der Waals surface area contributed by atoms with Crippen LogP contribution >= 0.6 is 0 Å². The lowest BCUT2D eigenvalue weighted by Gasteiger charge is -2.34. The van der Waals surface area contributed by atoms with E-state index >= 15 is 0 Å². The highest BCUT2D eigenvalue weighted by Crippen LogP contribution is 2.29. The zero-order valence-corrected chi connectivity index (χ0v) is 11.5. The molecule has 0 aromatic rings. The average Bonchev–Trinajstić information content (AvgIpc) is 2.24. The SMILES string of the molecule is CC(N)CCCC(=O)NC1CCCC(C)C1C. The summed E-state index contributed by atoms with van der Waals surface area (Å²) in [6.45, 7) is 6.54. The van der Waals surface area contributed by atoms with Crippen LogP contribution in [0, 0.1) is 11.8 Å². The summed E-state index contributed by atoms with van der Waals surface area (Å²) in [6, 6.07) is 0.595. The Kier molecular flexibility index (Phi) is 5.96. The van der Waals surface area contributed by atoms with Gasteiger partial charge >= 0.3 is 0 Å². The van der Waals surface area contributed by atoms with E-state index in [4.69, 9.17) is 5.73 Å². The summed E-state index contributed by atoms with van der Waals surface area (Å²) in [6.07, 6.45) is 6.16. The van der Waals surface area contributed by atoms with Gasteiger partial charge in [0.25, 0.3) is 0 Å². The second-order valence-electron chi connectivity index (χ2n) is 5.81. The average molecular weight is 240 g/mol. The summed E-state index contributed by atoms with van der Waals surface area (Å²) in [7, 11) is 0. The second kappa shape index (κ2) is 7.00. The fraction of sp³-hybridized carbons (Fsp3) is 0.929. The van der Waals surface area contributed by atoms with Crippen molar-refractivity contribution in [2.24, 2.45) is 17.6 Å². The quantitative estimate of drug-likeness (QED) is 0.775. The van der Waals surface area contributed by atoms with Crippen LogP contribution in [0.3, 0.4) is 0 Å². The van der Waals surface area contributed by atoms with Crippen LogP contribution in [0.15, 0.2) is 0 Å². The Hall–Kier alpha value is -0.570. The Morgan fingerprint density at radius 1 is 1.41 bits per heavy atom. The molecule has 3 nitrogen and oxygen atoms in total. The molecule has 1 aliphatic rings. The van der Waals surface area contributed by atoms with Crippen molar-refractivity contribution in [1.82, 2.24) is 5.32 Å². The molecule has 3 N–H and O–H groups in total. The zero-order valence-electron chi connectivity index (χ0n) is 11.5. The van der Waals surface area contributed by atoms with Gasteiger partial charge in [0.05, 0.1) is 0 Å². The van der Waals surface area contributed by atoms with Crippen molar-refractivity contribution in [1.29, 1.82) is 0 Å². The fourth-order valence-corrected chi connectivity index (χ4v) is 2.65. The summed E-state index contributed by atoms with van der Waals surface area (Å²) in [4.78, 5) is 11.8. The van der Waals surface area contributed by atoms with Gasteiger partial charge in [-0.25, -0.2) is 0 Å². The molecule has 4 atom stereocenters. The first-order valence-corrected chi connectivity index (χ1v) is 7.05. The molecule has 1 amide bonds. The minimum Gasteiger partial charge on any atom is -0.353 e. The molecule has 1 fully saturated rings. The molecule has 0 aromatic carbocycles. The number of nitrogens with one attached hydrogen (secondary N) is 1. The van der Waals surface area contributed by atoms with Crippen molar-refractivity contribution in [3.8, 4) is 0 Å². The molecular formula is C14H28N2O. The van der Waals surface area contributed by atoms with Crippen LogP contribution in [0.25, 0.3) is 0 Å². The molecule has 100 valence electrons. The number of rotatable bonds is 5. The second-order valence-corrected chi connectivity index (χ2v) is 5.81. The van der Waals surface area contributed by atoms with Crippen LogP contribution in [0.5, 0.6) is 0 Å². The highest BCUT2D eigenvalue weighted by atomic mass is 16.1. The van der Waals surface area contributed by atoms with E-state index in [1.165, 1.54) is 12.8 Å². The first-order chi connectivity index (χ1) is 8.00. The number of carbonyl (C=O) groups excluding carboxylic acids is 1. The van der Waals surface area contributed by atoms with Gasteiger partial charge in [-0.2, -0.15) is 0 Å². The number of amides is 1. The normalized spacial score (nSPS) is 30.9. The molecule has 0 bridgehead atoms. The van der Waals surface area contributed by atoms with Crippen molar-refractivity contribution in [3.05, 3.63) is 0 Å². The highest BCUT2D eigenvalue weighted by Gasteiger charge is 2.27. The highest BCUT2D eigenvalue weighted by molar-refractivity contribution is 5.76. The lowest BCUT2D eigenvalue weighted by molar-refractivity contribution is -0.122. The maximum Gasteiger partial charge on any atom is 0.220 e. The minimum absolute atomic E-state index is 0.205. The Labute approximate surface area is 106 Å². The van der Waals surface area contributed by atoms with Crippen LogP contribution in [0.4, 0.5) is 0 Å². The van der Waals surface area contributed by atoms with E-state index in [0.29, 0.717) is 18.4 Å². The van der Waals surface area contributed by atoms with Crippen molar-refractivity contribution >= 4 is 5.91 Å². The first-order valence-electron chi connectivity index (χ1n) is 7.05. The van der Waals surface area contributed by atoms with E-state index < -0.39 is 0 Å². The largest absolute Gasteiger partial charge is 0.353 e. The summed E-state index contributed by atoms with van der Waals surface area (Å²) >= 11 is 0. The molecule has 3 heteroatoms. The summed E-state index contributed by atoms with van der Waals surface area (Å²) in [5, 5.41) is 3.19. The minimum atomic E-state index is 0.205. The van der Waals surface area contributed by atoms with Crippen LogP contribution in [0.2, 0.25) is 0 Å². The molecule has 0 saturated heterocycles. The molecule has 4 unspecified atom stereocenters. The summed E-state index contributed by atoms with van der Waals surface area (Å²) < 4.78 is 0. The van der Waals surface area contributed by atoms with Gasteiger partial charge in [0.1, 0.15) is 0 Å². The van der Waals surface area contributed by atoms with E-state index in [0.717, 1.165) is 25.2 Å². The van der Waals surface area contributed by atoms with Crippen LogP contribution in [-0.2, 0) is 4.79 Å². The molecule has 0 aromatic heterocycles. The Morgan fingerprint density at radius 2 is 2.12 bits per heavy atom.